The largest absolute Gasteiger partial charge is 0.396 e. The highest BCUT2D eigenvalue weighted by atomic mass is 15.5. The summed E-state index contributed by atoms with van der Waals surface area (Å²) >= 11 is 0. The maximum absolute atomic E-state index is 5.91. The van der Waals surface area contributed by atoms with Crippen LogP contribution in [0.2, 0.25) is 0 Å². The van der Waals surface area contributed by atoms with Crippen LogP contribution in [0.25, 0.3) is 16.6 Å². The van der Waals surface area contributed by atoms with E-state index in [0.29, 0.717) is 17.0 Å². The molecule has 2 aromatic heterocycles. The Morgan fingerprint density at radius 3 is 2.73 bits per heavy atom. The van der Waals surface area contributed by atoms with Crippen molar-refractivity contribution in [2.45, 2.75) is 0 Å². The van der Waals surface area contributed by atoms with Crippen molar-refractivity contribution >= 4 is 27.9 Å². The Kier molecular flexibility index (Phi) is 1.37. The van der Waals surface area contributed by atoms with Gasteiger partial charge in [-0.3, -0.25) is 0 Å². The van der Waals surface area contributed by atoms with Crippen LogP contribution in [-0.2, 0) is 0 Å². The van der Waals surface area contributed by atoms with Crippen molar-refractivity contribution in [1.29, 1.82) is 0 Å². The fourth-order valence-corrected chi connectivity index (χ4v) is 1.67. The quantitative estimate of drug-likeness (QED) is 0.549. The first-order valence-electron chi connectivity index (χ1n) is 4.43. The first kappa shape index (κ1) is 7.98. The summed E-state index contributed by atoms with van der Waals surface area (Å²) < 4.78 is 1.58. The van der Waals surface area contributed by atoms with E-state index in [1.54, 1.807) is 4.52 Å². The molecule has 2 heterocycles. The molecule has 0 unspecified atom stereocenters. The van der Waals surface area contributed by atoms with Gasteiger partial charge in [-0.2, -0.15) is 4.52 Å². The maximum atomic E-state index is 5.91. The van der Waals surface area contributed by atoms with Crippen LogP contribution in [0.4, 0.5) is 11.4 Å². The molecule has 0 aliphatic rings. The van der Waals surface area contributed by atoms with Gasteiger partial charge in [-0.15, -0.1) is 5.10 Å². The third kappa shape index (κ3) is 0.899. The van der Waals surface area contributed by atoms with Crippen LogP contribution in [0, 0.1) is 0 Å². The molecule has 0 saturated carbocycles. The minimum Gasteiger partial charge on any atom is -0.396 e. The van der Waals surface area contributed by atoms with E-state index in [9.17, 15) is 0 Å². The maximum Gasteiger partial charge on any atom is 0.204 e. The zero-order valence-electron chi connectivity index (χ0n) is 7.75. The molecular weight excluding hydrogens is 192 g/mol. The van der Waals surface area contributed by atoms with E-state index in [1.807, 2.05) is 24.3 Å². The number of aromatic nitrogens is 4. The van der Waals surface area contributed by atoms with Crippen molar-refractivity contribution in [2.75, 3.05) is 11.5 Å². The smallest absolute Gasteiger partial charge is 0.204 e. The minimum absolute atomic E-state index is 0.415. The number of para-hydroxylation sites is 1. The molecule has 0 atom stereocenters. The lowest BCUT2D eigenvalue weighted by molar-refractivity contribution is 0.842. The van der Waals surface area contributed by atoms with E-state index in [2.05, 4.69) is 15.5 Å². The number of pyridine rings is 1. The van der Waals surface area contributed by atoms with Crippen LogP contribution in [0.3, 0.4) is 0 Å². The Labute approximate surface area is 84.5 Å². The zero-order valence-corrected chi connectivity index (χ0v) is 7.75. The summed E-state index contributed by atoms with van der Waals surface area (Å²) in [7, 11) is 0. The first-order valence-corrected chi connectivity index (χ1v) is 4.43. The number of hydrogen-bond acceptors (Lipinski definition) is 5. The number of nitrogens with zero attached hydrogens (tertiary/aromatic N) is 4. The second kappa shape index (κ2) is 2.57. The normalized spacial score (nSPS) is 11.2. The average Bonchev–Trinajstić information content (AvgIpc) is 2.75. The molecule has 6 nitrogen and oxygen atoms in total. The van der Waals surface area contributed by atoms with Crippen molar-refractivity contribution in [3.05, 3.63) is 24.3 Å². The molecule has 0 spiro atoms. The number of anilines is 2. The van der Waals surface area contributed by atoms with Gasteiger partial charge in [0, 0.05) is 5.39 Å². The van der Waals surface area contributed by atoms with E-state index < -0.39 is 0 Å². The number of nitrogen functional groups attached to an aromatic ring is 2. The molecule has 0 amide bonds. The summed E-state index contributed by atoms with van der Waals surface area (Å²) in [5, 5.41) is 12.1. The van der Waals surface area contributed by atoms with Gasteiger partial charge < -0.3 is 11.5 Å². The van der Waals surface area contributed by atoms with Gasteiger partial charge in [0.2, 0.25) is 5.65 Å². The van der Waals surface area contributed by atoms with E-state index >= 15 is 0 Å². The highest BCUT2D eigenvalue weighted by Gasteiger charge is 2.11. The fraction of sp³-hybridized carbons (Fsp3) is 0. The van der Waals surface area contributed by atoms with Gasteiger partial charge in [0.05, 0.1) is 11.2 Å². The van der Waals surface area contributed by atoms with Gasteiger partial charge >= 0.3 is 0 Å². The zero-order chi connectivity index (χ0) is 10.4. The summed E-state index contributed by atoms with van der Waals surface area (Å²) in [5.74, 6) is 0. The number of tetrazole rings is 1. The summed E-state index contributed by atoms with van der Waals surface area (Å²) in [4.78, 5) is 0. The van der Waals surface area contributed by atoms with Crippen LogP contribution in [0.15, 0.2) is 24.3 Å². The summed E-state index contributed by atoms with van der Waals surface area (Å²) in [6, 6.07) is 7.59. The number of hydrogen-bond donors (Lipinski definition) is 2. The van der Waals surface area contributed by atoms with Gasteiger partial charge in [0.15, 0.2) is 0 Å². The van der Waals surface area contributed by atoms with Crippen LogP contribution < -0.4 is 11.5 Å². The predicted octanol–water partition coefficient (Wildman–Crippen LogP) is 0.442. The monoisotopic (exact) mass is 200 g/mol. The molecular formula is C9H8N6. The molecule has 4 N–H and O–H groups in total. The van der Waals surface area contributed by atoms with Crippen LogP contribution in [0.5, 0.6) is 0 Å². The Balaban J connectivity index is 2.70. The van der Waals surface area contributed by atoms with Crippen LogP contribution in [-0.4, -0.2) is 20.0 Å². The van der Waals surface area contributed by atoms with Gasteiger partial charge in [-0.05, 0) is 16.5 Å². The molecule has 74 valence electrons. The minimum atomic E-state index is 0.415. The van der Waals surface area contributed by atoms with Gasteiger partial charge in [0.25, 0.3) is 0 Å². The van der Waals surface area contributed by atoms with Crippen LogP contribution in [0.1, 0.15) is 0 Å². The van der Waals surface area contributed by atoms with Crippen molar-refractivity contribution in [2.24, 2.45) is 0 Å². The number of nitrogens with two attached hydrogens (primary N) is 2. The second-order valence-corrected chi connectivity index (χ2v) is 3.26. The highest BCUT2D eigenvalue weighted by molar-refractivity contribution is 6.00. The number of fused-ring (bicyclic) bond motifs is 3. The van der Waals surface area contributed by atoms with Crippen molar-refractivity contribution in [3.63, 3.8) is 0 Å². The highest BCUT2D eigenvalue weighted by Crippen LogP contribution is 2.28. The van der Waals surface area contributed by atoms with Gasteiger partial charge in [0.1, 0.15) is 5.69 Å². The predicted molar refractivity (Wildman–Crippen MR) is 57.1 cm³/mol. The number of rotatable bonds is 0. The van der Waals surface area contributed by atoms with E-state index in [-0.39, 0.29) is 0 Å². The molecule has 15 heavy (non-hydrogen) atoms. The molecule has 0 aliphatic carbocycles. The topological polar surface area (TPSA) is 95.1 Å². The Bertz CT molecular complexity index is 656. The molecule has 0 aliphatic heterocycles. The Hall–Kier alpha value is -2.37. The van der Waals surface area contributed by atoms with Crippen molar-refractivity contribution in [1.82, 2.24) is 20.0 Å². The summed E-state index contributed by atoms with van der Waals surface area (Å²) in [6.45, 7) is 0. The molecule has 0 fully saturated rings. The van der Waals surface area contributed by atoms with Gasteiger partial charge in [-0.25, -0.2) is 0 Å². The lowest BCUT2D eigenvalue weighted by Gasteiger charge is -2.06. The fourth-order valence-electron chi connectivity index (χ4n) is 1.67. The third-order valence-electron chi connectivity index (χ3n) is 2.42. The lowest BCUT2D eigenvalue weighted by atomic mass is 10.1. The molecule has 0 bridgehead atoms. The van der Waals surface area contributed by atoms with Crippen molar-refractivity contribution in [3.8, 4) is 0 Å². The molecule has 0 saturated heterocycles. The van der Waals surface area contributed by atoms with E-state index in [1.165, 1.54) is 0 Å². The van der Waals surface area contributed by atoms with E-state index in [4.69, 9.17) is 11.5 Å². The second-order valence-electron chi connectivity index (χ2n) is 3.26. The summed E-state index contributed by atoms with van der Waals surface area (Å²) in [6.07, 6.45) is 0. The molecule has 0 radical (unpaired) electrons. The molecule has 3 aromatic rings. The van der Waals surface area contributed by atoms with E-state index in [0.717, 1.165) is 10.9 Å². The SMILES string of the molecule is Nc1c(N)c2nnnn2c2ccccc12. The van der Waals surface area contributed by atoms with Crippen molar-refractivity contribution < 1.29 is 0 Å². The molecule has 1 aromatic carbocycles. The standard InChI is InChI=1S/C9H8N6/c10-7-5-3-1-2-4-6(5)15-9(8(7)11)12-13-14-15/h1-4H,10-11H2. The van der Waals surface area contributed by atoms with Crippen LogP contribution >= 0.6 is 0 Å². The first-order chi connectivity index (χ1) is 7.29. The number of benzene rings is 1. The third-order valence-corrected chi connectivity index (χ3v) is 2.42. The average molecular weight is 200 g/mol. The van der Waals surface area contributed by atoms with Gasteiger partial charge in [-0.1, -0.05) is 18.2 Å². The molecule has 3 rings (SSSR count). The summed E-state index contributed by atoms with van der Waals surface area (Å²) in [5.41, 5.74) is 14.0. The molecule has 6 heteroatoms. The lowest BCUT2D eigenvalue weighted by Crippen LogP contribution is -2.02. The Morgan fingerprint density at radius 1 is 1.07 bits per heavy atom. The Morgan fingerprint density at radius 2 is 1.87 bits per heavy atom.